The van der Waals surface area contributed by atoms with E-state index in [0.717, 1.165) is 12.8 Å². The molecule has 0 aromatic heterocycles. The minimum atomic E-state index is -3.59. The number of carbonyl (C=O) groups is 5. The summed E-state index contributed by atoms with van der Waals surface area (Å²) in [6.07, 6.45) is 19.0. The zero-order chi connectivity index (χ0) is 48.3. The van der Waals surface area contributed by atoms with Gasteiger partial charge in [-0.3, -0.25) is 28.5 Å². The second-order valence-electron chi connectivity index (χ2n) is 15.1. The second kappa shape index (κ2) is 41.4. The minimum Gasteiger partial charge on any atom is -0.377 e. The van der Waals surface area contributed by atoms with Crippen LogP contribution in [0.25, 0.3) is 0 Å². The van der Waals surface area contributed by atoms with Gasteiger partial charge in [-0.05, 0) is 38.5 Å². The highest BCUT2D eigenvalue weighted by molar-refractivity contribution is 7.53. The SMILES string of the molecule is C#CCOCCOCCNC(=O)CCC(CCC(=O)NCCOCCOCC#C)(CCC(=O)NCCOCCOCC#C)NC(=O)CCCC(=O)NCCCCCCOP(=O)(O)C(C)C. The molecule has 1 unspecified atom stereocenters. The van der Waals surface area contributed by atoms with Crippen molar-refractivity contribution in [2.24, 2.45) is 0 Å². The molecule has 65 heavy (non-hydrogen) atoms. The maximum atomic E-state index is 13.6. The van der Waals surface area contributed by atoms with Crippen molar-refractivity contribution in [1.82, 2.24) is 26.6 Å². The first-order valence-electron chi connectivity index (χ1n) is 22.4. The normalized spacial score (nSPS) is 12.0. The molecule has 5 amide bonds. The van der Waals surface area contributed by atoms with Crippen LogP contribution < -0.4 is 26.6 Å². The van der Waals surface area contributed by atoms with Crippen molar-refractivity contribution in [2.45, 2.75) is 109 Å². The van der Waals surface area contributed by atoms with Gasteiger partial charge in [0.25, 0.3) is 0 Å². The van der Waals surface area contributed by atoms with Crippen molar-refractivity contribution in [3.63, 3.8) is 0 Å². The lowest BCUT2D eigenvalue weighted by Crippen LogP contribution is -2.50. The zero-order valence-corrected chi connectivity index (χ0v) is 39.6. The maximum Gasteiger partial charge on any atom is 0.330 e. The molecule has 0 bridgehead atoms. The van der Waals surface area contributed by atoms with Crippen LogP contribution in [-0.2, 0) is 61.5 Å². The van der Waals surface area contributed by atoms with Crippen LogP contribution in [0.3, 0.4) is 0 Å². The molecule has 0 aliphatic rings. The van der Waals surface area contributed by atoms with Gasteiger partial charge < -0.3 is 64.4 Å². The average Bonchev–Trinajstić information content (AvgIpc) is 3.27. The van der Waals surface area contributed by atoms with E-state index in [1.54, 1.807) is 13.8 Å². The largest absolute Gasteiger partial charge is 0.377 e. The first kappa shape index (κ1) is 60.9. The van der Waals surface area contributed by atoms with Gasteiger partial charge in [0.05, 0.1) is 71.7 Å². The minimum absolute atomic E-state index is 0.0158. The Labute approximate surface area is 386 Å². The number of ether oxygens (including phenoxy) is 6. The van der Waals surface area contributed by atoms with Crippen LogP contribution >= 0.6 is 7.60 Å². The monoisotopic (exact) mass is 942 g/mol. The fraction of sp³-hybridized carbons (Fsp3) is 0.756. The molecule has 0 heterocycles. The van der Waals surface area contributed by atoms with Crippen molar-refractivity contribution in [2.75, 3.05) is 112 Å². The third kappa shape index (κ3) is 37.8. The van der Waals surface area contributed by atoms with Gasteiger partial charge in [-0.2, -0.15) is 0 Å². The Bertz CT molecular complexity index is 1380. The highest BCUT2D eigenvalue weighted by Crippen LogP contribution is 2.47. The number of hydrogen-bond acceptors (Lipinski definition) is 13. The average molecular weight is 942 g/mol. The Balaban J connectivity index is 5.54. The molecule has 19 nitrogen and oxygen atoms in total. The molecule has 20 heteroatoms. The van der Waals surface area contributed by atoms with Gasteiger partial charge >= 0.3 is 7.60 Å². The smallest absolute Gasteiger partial charge is 0.330 e. The molecule has 0 rings (SSSR count). The molecule has 1 atom stereocenters. The highest BCUT2D eigenvalue weighted by atomic mass is 31.2. The summed E-state index contributed by atoms with van der Waals surface area (Å²) in [4.78, 5) is 75.1. The molecule has 0 aliphatic carbocycles. The number of unbranched alkanes of at least 4 members (excludes halogenated alkanes) is 3. The Morgan fingerprint density at radius 2 is 0.862 bits per heavy atom. The standard InChI is InChI=1S/C45H76N5O14P/c1-6-26-58-33-36-61-30-23-47-41(52)16-19-45(20-17-42(53)48-24-31-62-37-34-59-27-7-2,21-18-43(54)49-25-32-63-38-35-60-28-8-3)50-44(55)15-13-14-40(51)46-22-11-9-10-12-29-64-65(56,57)39(4)5/h1-3,39H,9-38H2,4-5H3,(H,46,51)(H,47,52)(H,48,53)(H,49,54)(H,50,55)(H,56,57). The summed E-state index contributed by atoms with van der Waals surface area (Å²) in [5.41, 5.74) is -1.61. The highest BCUT2D eigenvalue weighted by Gasteiger charge is 2.33. The zero-order valence-electron chi connectivity index (χ0n) is 38.7. The lowest BCUT2D eigenvalue weighted by molar-refractivity contribution is -0.128. The number of amides is 5. The summed E-state index contributed by atoms with van der Waals surface area (Å²) in [6.45, 7) is 7.61. The van der Waals surface area contributed by atoms with Gasteiger partial charge in [0.2, 0.25) is 29.5 Å². The van der Waals surface area contributed by atoms with Gasteiger partial charge in [-0.15, -0.1) is 19.3 Å². The molecule has 0 saturated heterocycles. The number of carbonyl (C=O) groups excluding carboxylic acids is 5. The van der Waals surface area contributed by atoms with E-state index in [4.69, 9.17) is 52.2 Å². The van der Waals surface area contributed by atoms with E-state index in [1.807, 2.05) is 0 Å². The first-order valence-corrected chi connectivity index (χ1v) is 24.1. The summed E-state index contributed by atoms with van der Waals surface area (Å²) in [6, 6.07) is 0. The second-order valence-corrected chi connectivity index (χ2v) is 17.5. The predicted octanol–water partition coefficient (Wildman–Crippen LogP) is 1.99. The summed E-state index contributed by atoms with van der Waals surface area (Å²) >= 11 is 0. The van der Waals surface area contributed by atoms with Gasteiger partial charge in [0, 0.05) is 63.8 Å². The van der Waals surface area contributed by atoms with Gasteiger partial charge in [-0.1, -0.05) is 44.5 Å². The van der Waals surface area contributed by atoms with Gasteiger partial charge in [0.15, 0.2) is 0 Å². The van der Waals surface area contributed by atoms with E-state index < -0.39 is 24.7 Å². The maximum absolute atomic E-state index is 13.6. The molecular weight excluding hydrogens is 865 g/mol. The fourth-order valence-corrected chi connectivity index (χ4v) is 6.42. The third-order valence-corrected chi connectivity index (χ3v) is 11.3. The van der Waals surface area contributed by atoms with Crippen molar-refractivity contribution in [1.29, 1.82) is 0 Å². The number of rotatable bonds is 44. The van der Waals surface area contributed by atoms with E-state index >= 15 is 0 Å². The summed E-state index contributed by atoms with van der Waals surface area (Å²) in [7, 11) is -3.59. The Morgan fingerprint density at radius 1 is 0.492 bits per heavy atom. The lowest BCUT2D eigenvalue weighted by Gasteiger charge is -2.35. The third-order valence-electron chi connectivity index (χ3n) is 9.40. The summed E-state index contributed by atoms with van der Waals surface area (Å²) < 4.78 is 48.9. The molecule has 0 aliphatic heterocycles. The molecule has 0 saturated carbocycles. The summed E-state index contributed by atoms with van der Waals surface area (Å²) in [5.74, 6) is 5.54. The van der Waals surface area contributed by atoms with Crippen LogP contribution in [0.2, 0.25) is 0 Å². The number of nitrogens with one attached hydrogen (secondary N) is 5. The van der Waals surface area contributed by atoms with Crippen molar-refractivity contribution >= 4 is 37.1 Å². The first-order chi connectivity index (χ1) is 31.3. The molecule has 0 fully saturated rings. The van der Waals surface area contributed by atoms with E-state index in [1.165, 1.54) is 0 Å². The van der Waals surface area contributed by atoms with Crippen LogP contribution in [0.15, 0.2) is 0 Å². The van der Waals surface area contributed by atoms with Gasteiger partial charge in [0.1, 0.15) is 19.8 Å². The molecule has 0 aromatic rings. The van der Waals surface area contributed by atoms with E-state index in [-0.39, 0.29) is 147 Å². The topological polar surface area (TPSA) is 247 Å². The number of terminal acetylenes is 3. The Kier molecular flexibility index (Phi) is 38.8. The van der Waals surface area contributed by atoms with Crippen molar-refractivity contribution in [3.8, 4) is 37.0 Å². The molecule has 0 radical (unpaired) electrons. The Morgan fingerprint density at radius 3 is 1.28 bits per heavy atom. The van der Waals surface area contributed by atoms with Crippen LogP contribution in [0.1, 0.15) is 97.3 Å². The van der Waals surface area contributed by atoms with E-state index in [2.05, 4.69) is 44.3 Å². The van der Waals surface area contributed by atoms with Crippen molar-refractivity contribution in [3.05, 3.63) is 0 Å². The molecule has 6 N–H and O–H groups in total. The van der Waals surface area contributed by atoms with Crippen LogP contribution in [0.4, 0.5) is 0 Å². The quantitative estimate of drug-likeness (QED) is 0.0291. The fourth-order valence-electron chi connectivity index (χ4n) is 5.74. The molecular formula is C45H76N5O14P. The summed E-state index contributed by atoms with van der Waals surface area (Å²) in [5, 5.41) is 14.3. The van der Waals surface area contributed by atoms with Crippen LogP contribution in [0.5, 0.6) is 0 Å². The number of hydrogen-bond donors (Lipinski definition) is 6. The van der Waals surface area contributed by atoms with E-state index in [9.17, 15) is 33.4 Å². The van der Waals surface area contributed by atoms with Gasteiger partial charge in [-0.25, -0.2) is 0 Å². The molecule has 370 valence electrons. The molecule has 0 spiro atoms. The lowest BCUT2D eigenvalue weighted by atomic mass is 9.82. The van der Waals surface area contributed by atoms with E-state index in [0.29, 0.717) is 59.0 Å². The predicted molar refractivity (Wildman–Crippen MR) is 245 cm³/mol. The molecule has 0 aromatic carbocycles. The van der Waals surface area contributed by atoms with Crippen LogP contribution in [0, 0.1) is 37.0 Å². The van der Waals surface area contributed by atoms with Crippen LogP contribution in [-0.4, -0.2) is 158 Å². The van der Waals surface area contributed by atoms with Crippen molar-refractivity contribution < 1.29 is 66.4 Å². The Hall–Kier alpha value is -4.06.